The summed E-state index contributed by atoms with van der Waals surface area (Å²) in [6.45, 7) is 2.43. The van der Waals surface area contributed by atoms with E-state index in [1.165, 1.54) is 0 Å². The number of nitrogens with zero attached hydrogens (tertiary/aromatic N) is 2. The summed E-state index contributed by atoms with van der Waals surface area (Å²) in [6, 6.07) is 7.35. The quantitative estimate of drug-likeness (QED) is 0.837. The third-order valence-corrected chi connectivity index (χ3v) is 5.98. The third kappa shape index (κ3) is 2.42. The predicted molar refractivity (Wildman–Crippen MR) is 93.1 cm³/mol. The number of rotatable bonds is 2. The Morgan fingerprint density at radius 2 is 2.08 bits per heavy atom. The molecule has 2 aliphatic heterocycles. The van der Waals surface area contributed by atoms with E-state index in [4.69, 9.17) is 0 Å². The molecule has 4 rings (SSSR count). The fourth-order valence-electron chi connectivity index (χ4n) is 4.46. The van der Waals surface area contributed by atoms with Gasteiger partial charge in [0.1, 0.15) is 12.1 Å². The lowest BCUT2D eigenvalue weighted by Gasteiger charge is -2.36. The SMILES string of the molecule is C[C@H]1CCCC[C@]12NC(=O)N(CC(=O)N1CCc3ccccc31)C2=O. The summed E-state index contributed by atoms with van der Waals surface area (Å²) in [6.07, 6.45) is 4.40. The highest BCUT2D eigenvalue weighted by Gasteiger charge is 2.55. The zero-order chi connectivity index (χ0) is 17.6. The molecular formula is C19H23N3O3. The van der Waals surface area contributed by atoms with Crippen LogP contribution in [-0.4, -0.2) is 41.4 Å². The Balaban J connectivity index is 1.52. The molecule has 1 saturated heterocycles. The molecule has 6 nitrogen and oxygen atoms in total. The van der Waals surface area contributed by atoms with E-state index in [0.29, 0.717) is 13.0 Å². The van der Waals surface area contributed by atoms with Gasteiger partial charge in [0, 0.05) is 12.2 Å². The van der Waals surface area contributed by atoms with Crippen molar-refractivity contribution in [1.29, 1.82) is 0 Å². The van der Waals surface area contributed by atoms with Crippen molar-refractivity contribution in [3.63, 3.8) is 0 Å². The van der Waals surface area contributed by atoms with Crippen LogP contribution in [0.1, 0.15) is 38.2 Å². The fraction of sp³-hybridized carbons (Fsp3) is 0.526. The molecule has 25 heavy (non-hydrogen) atoms. The molecule has 4 amide bonds. The third-order valence-electron chi connectivity index (χ3n) is 5.98. The van der Waals surface area contributed by atoms with E-state index in [0.717, 1.165) is 41.8 Å². The minimum Gasteiger partial charge on any atom is -0.323 e. The minimum atomic E-state index is -0.807. The average molecular weight is 341 g/mol. The van der Waals surface area contributed by atoms with Crippen molar-refractivity contribution < 1.29 is 14.4 Å². The number of anilines is 1. The zero-order valence-electron chi connectivity index (χ0n) is 14.5. The maximum Gasteiger partial charge on any atom is 0.325 e. The predicted octanol–water partition coefficient (Wildman–Crippen LogP) is 2.08. The molecule has 3 aliphatic rings. The van der Waals surface area contributed by atoms with Crippen molar-refractivity contribution in [1.82, 2.24) is 10.2 Å². The number of urea groups is 1. The summed E-state index contributed by atoms with van der Waals surface area (Å²) in [5, 5.41) is 2.90. The van der Waals surface area contributed by atoms with Crippen LogP contribution in [0.3, 0.4) is 0 Å². The summed E-state index contributed by atoms with van der Waals surface area (Å²) in [4.78, 5) is 41.0. The van der Waals surface area contributed by atoms with Crippen LogP contribution >= 0.6 is 0 Å². The van der Waals surface area contributed by atoms with Crippen LogP contribution in [-0.2, 0) is 16.0 Å². The van der Waals surface area contributed by atoms with Crippen LogP contribution in [0.25, 0.3) is 0 Å². The monoisotopic (exact) mass is 341 g/mol. The van der Waals surface area contributed by atoms with Gasteiger partial charge in [0.15, 0.2) is 0 Å². The van der Waals surface area contributed by atoms with Crippen molar-refractivity contribution in [2.45, 2.75) is 44.6 Å². The van der Waals surface area contributed by atoms with E-state index in [1.807, 2.05) is 31.2 Å². The molecule has 1 N–H and O–H groups in total. The second-order valence-corrected chi connectivity index (χ2v) is 7.36. The molecule has 2 atom stereocenters. The first-order chi connectivity index (χ1) is 12.0. The zero-order valence-corrected chi connectivity index (χ0v) is 14.5. The van der Waals surface area contributed by atoms with Gasteiger partial charge in [0.25, 0.3) is 5.91 Å². The number of fused-ring (bicyclic) bond motifs is 1. The number of imide groups is 1. The van der Waals surface area contributed by atoms with Gasteiger partial charge in [-0.15, -0.1) is 0 Å². The lowest BCUT2D eigenvalue weighted by Crippen LogP contribution is -2.54. The Labute approximate surface area is 147 Å². The van der Waals surface area contributed by atoms with Crippen molar-refractivity contribution in [2.24, 2.45) is 5.92 Å². The van der Waals surface area contributed by atoms with Crippen LogP contribution in [0.5, 0.6) is 0 Å². The molecule has 1 aromatic carbocycles. The van der Waals surface area contributed by atoms with Crippen LogP contribution in [0, 0.1) is 5.92 Å². The second-order valence-electron chi connectivity index (χ2n) is 7.36. The van der Waals surface area contributed by atoms with E-state index in [9.17, 15) is 14.4 Å². The molecule has 1 aromatic rings. The van der Waals surface area contributed by atoms with Gasteiger partial charge in [-0.3, -0.25) is 14.5 Å². The summed E-state index contributed by atoms with van der Waals surface area (Å²) < 4.78 is 0. The summed E-state index contributed by atoms with van der Waals surface area (Å²) in [5.41, 5.74) is 1.21. The van der Waals surface area contributed by atoms with Gasteiger partial charge in [0.05, 0.1) is 0 Å². The van der Waals surface area contributed by atoms with Crippen LogP contribution < -0.4 is 10.2 Å². The Morgan fingerprint density at radius 1 is 1.28 bits per heavy atom. The Hall–Kier alpha value is -2.37. The van der Waals surface area contributed by atoms with Crippen molar-refractivity contribution in [3.05, 3.63) is 29.8 Å². The van der Waals surface area contributed by atoms with E-state index >= 15 is 0 Å². The molecule has 132 valence electrons. The average Bonchev–Trinajstić information content (AvgIpc) is 3.13. The van der Waals surface area contributed by atoms with Gasteiger partial charge in [-0.05, 0) is 36.8 Å². The molecule has 0 radical (unpaired) electrons. The number of amides is 4. The number of benzene rings is 1. The molecule has 1 aliphatic carbocycles. The maximum absolute atomic E-state index is 13.0. The minimum absolute atomic E-state index is 0.102. The van der Waals surface area contributed by atoms with Gasteiger partial charge in [-0.25, -0.2) is 4.79 Å². The number of carbonyl (C=O) groups is 3. The molecular weight excluding hydrogens is 318 g/mol. The van der Waals surface area contributed by atoms with Crippen LogP contribution in [0.2, 0.25) is 0 Å². The lowest BCUT2D eigenvalue weighted by molar-refractivity contribution is -0.136. The van der Waals surface area contributed by atoms with Gasteiger partial charge < -0.3 is 10.2 Å². The van der Waals surface area contributed by atoms with E-state index in [2.05, 4.69) is 5.32 Å². The Kier molecular flexibility index (Phi) is 3.78. The summed E-state index contributed by atoms with van der Waals surface area (Å²) in [7, 11) is 0. The highest BCUT2D eigenvalue weighted by Crippen LogP contribution is 2.38. The lowest BCUT2D eigenvalue weighted by atomic mass is 9.73. The summed E-state index contributed by atoms with van der Waals surface area (Å²) >= 11 is 0. The first-order valence-corrected chi connectivity index (χ1v) is 9.05. The number of para-hydroxylation sites is 1. The van der Waals surface area contributed by atoms with E-state index in [-0.39, 0.29) is 24.3 Å². The van der Waals surface area contributed by atoms with Gasteiger partial charge in [-0.2, -0.15) is 0 Å². The number of hydrogen-bond acceptors (Lipinski definition) is 3. The molecule has 1 spiro atoms. The topological polar surface area (TPSA) is 69.7 Å². The van der Waals surface area contributed by atoms with Crippen molar-refractivity contribution in [3.8, 4) is 0 Å². The molecule has 0 bridgehead atoms. The molecule has 2 fully saturated rings. The van der Waals surface area contributed by atoms with Crippen LogP contribution in [0.4, 0.5) is 10.5 Å². The molecule has 0 unspecified atom stereocenters. The number of carbonyl (C=O) groups excluding carboxylic acids is 3. The number of nitrogens with one attached hydrogen (secondary N) is 1. The summed E-state index contributed by atoms with van der Waals surface area (Å²) in [5.74, 6) is -0.329. The molecule has 1 saturated carbocycles. The number of hydrogen-bond donors (Lipinski definition) is 1. The van der Waals surface area contributed by atoms with Crippen LogP contribution in [0.15, 0.2) is 24.3 Å². The largest absolute Gasteiger partial charge is 0.325 e. The molecule has 0 aromatic heterocycles. The first kappa shape index (κ1) is 16.1. The van der Waals surface area contributed by atoms with E-state index < -0.39 is 11.6 Å². The van der Waals surface area contributed by atoms with Gasteiger partial charge >= 0.3 is 6.03 Å². The van der Waals surface area contributed by atoms with Crippen molar-refractivity contribution in [2.75, 3.05) is 18.0 Å². The first-order valence-electron chi connectivity index (χ1n) is 9.05. The maximum atomic E-state index is 13.0. The van der Waals surface area contributed by atoms with E-state index in [1.54, 1.807) is 4.90 Å². The highest BCUT2D eigenvalue weighted by molar-refractivity contribution is 6.10. The standard InChI is InChI=1S/C19H23N3O3/c1-13-6-4-5-10-19(13)17(24)22(18(25)20-19)12-16(23)21-11-9-14-7-2-3-8-15(14)21/h2-3,7-8,13H,4-6,9-12H2,1H3,(H,20,25)/t13-,19-/m0/s1. The van der Waals surface area contributed by atoms with Crippen molar-refractivity contribution >= 4 is 23.5 Å². The molecule has 6 heteroatoms. The highest BCUT2D eigenvalue weighted by atomic mass is 16.2. The van der Waals surface area contributed by atoms with Gasteiger partial charge in [0.2, 0.25) is 5.91 Å². The van der Waals surface area contributed by atoms with Gasteiger partial charge in [-0.1, -0.05) is 38.0 Å². The molecule has 2 heterocycles. The Morgan fingerprint density at radius 3 is 2.88 bits per heavy atom. The second kappa shape index (κ2) is 5.86. The fourth-order valence-corrected chi connectivity index (χ4v) is 4.46. The normalized spacial score (nSPS) is 28.4. The Bertz CT molecular complexity index is 747. The smallest absolute Gasteiger partial charge is 0.323 e.